The molecule has 2 atom stereocenters. The number of hydrogen-bond acceptors (Lipinski definition) is 3. The van der Waals surface area contributed by atoms with E-state index >= 15 is 0 Å². The Bertz CT molecular complexity index is 211. The lowest BCUT2D eigenvalue weighted by Gasteiger charge is -2.19. The molecule has 1 heterocycles. The zero-order chi connectivity index (χ0) is 10.8. The monoisotopic (exact) mass is 211 g/mol. The van der Waals surface area contributed by atoms with Crippen molar-refractivity contribution in [1.29, 1.82) is 0 Å². The molecule has 0 aromatic heterocycles. The van der Waals surface area contributed by atoms with Gasteiger partial charge in [0.15, 0.2) is 0 Å². The van der Waals surface area contributed by atoms with Crippen LogP contribution in [0.1, 0.15) is 13.3 Å². The number of alkyl halides is 3. The third kappa shape index (κ3) is 2.87. The van der Waals surface area contributed by atoms with E-state index in [1.54, 1.807) is 0 Å². The molecule has 0 spiro atoms. The van der Waals surface area contributed by atoms with Gasteiger partial charge in [-0.05, 0) is 19.9 Å². The number of carbonyl (C=O) groups excluding carboxylic acids is 1. The molecule has 3 nitrogen and oxygen atoms in total. The maximum absolute atomic E-state index is 11.8. The molecule has 1 aliphatic rings. The Balaban J connectivity index is 2.39. The molecule has 0 saturated carbocycles. The average Bonchev–Trinajstić information content (AvgIpc) is 2.53. The van der Waals surface area contributed by atoms with E-state index < -0.39 is 18.2 Å². The van der Waals surface area contributed by atoms with Gasteiger partial charge in [0.2, 0.25) is 0 Å². The van der Waals surface area contributed by atoms with Gasteiger partial charge in [0.05, 0.1) is 0 Å². The third-order valence-corrected chi connectivity index (χ3v) is 2.29. The molecule has 0 aromatic carbocycles. The molecular formula is C8H12F3NO2. The van der Waals surface area contributed by atoms with Gasteiger partial charge in [-0.1, -0.05) is 0 Å². The van der Waals surface area contributed by atoms with E-state index in [1.807, 2.05) is 0 Å². The largest absolute Gasteiger partial charge is 0.490 e. The lowest BCUT2D eigenvalue weighted by molar-refractivity contribution is -0.206. The normalized spacial score (nSPS) is 24.7. The fraction of sp³-hybridized carbons (Fsp3) is 0.875. The number of nitrogens with one attached hydrogen (secondary N) is 1. The quantitative estimate of drug-likeness (QED) is 0.695. The number of hydrogen-bond donors (Lipinski definition) is 1. The van der Waals surface area contributed by atoms with Crippen LogP contribution in [0.3, 0.4) is 0 Å². The highest BCUT2D eigenvalue weighted by Gasteiger charge is 2.42. The number of ether oxygens (including phenoxy) is 1. The van der Waals surface area contributed by atoms with Crippen molar-refractivity contribution >= 4 is 5.97 Å². The standard InChI is InChI=1S/C8H12F3NO2/c1-5(6-2-3-12-4-6)14-7(13)8(9,10)11/h5-6,12H,2-4H2,1H3. The summed E-state index contributed by atoms with van der Waals surface area (Å²) in [6, 6.07) is 0. The van der Waals surface area contributed by atoms with Crippen LogP contribution in [0, 0.1) is 5.92 Å². The smallest absolute Gasteiger partial charge is 0.456 e. The first-order valence-corrected chi connectivity index (χ1v) is 4.40. The minimum absolute atomic E-state index is 0.0127. The van der Waals surface area contributed by atoms with Gasteiger partial charge < -0.3 is 10.1 Å². The van der Waals surface area contributed by atoms with Crippen molar-refractivity contribution in [3.8, 4) is 0 Å². The zero-order valence-corrected chi connectivity index (χ0v) is 7.73. The Kier molecular flexibility index (Phi) is 3.36. The Morgan fingerprint density at radius 1 is 1.57 bits per heavy atom. The molecular weight excluding hydrogens is 199 g/mol. The second kappa shape index (κ2) is 4.16. The summed E-state index contributed by atoms with van der Waals surface area (Å²) >= 11 is 0. The second-order valence-corrected chi connectivity index (χ2v) is 3.36. The summed E-state index contributed by atoms with van der Waals surface area (Å²) in [6.45, 7) is 2.85. The molecule has 0 bridgehead atoms. The molecule has 0 aromatic rings. The summed E-state index contributed by atoms with van der Waals surface area (Å²) in [7, 11) is 0. The average molecular weight is 211 g/mol. The summed E-state index contributed by atoms with van der Waals surface area (Å²) in [5.74, 6) is -2.11. The van der Waals surface area contributed by atoms with Crippen molar-refractivity contribution in [1.82, 2.24) is 5.32 Å². The lowest BCUT2D eigenvalue weighted by Crippen LogP contribution is -2.33. The van der Waals surface area contributed by atoms with Crippen LogP contribution in [0.2, 0.25) is 0 Å². The van der Waals surface area contributed by atoms with Crippen LogP contribution in [0.5, 0.6) is 0 Å². The highest BCUT2D eigenvalue weighted by atomic mass is 19.4. The first kappa shape index (κ1) is 11.3. The summed E-state index contributed by atoms with van der Waals surface area (Å²) < 4.78 is 39.7. The predicted octanol–water partition coefficient (Wildman–Crippen LogP) is 1.09. The van der Waals surface area contributed by atoms with E-state index in [1.165, 1.54) is 6.92 Å². The van der Waals surface area contributed by atoms with Crippen molar-refractivity contribution in [3.05, 3.63) is 0 Å². The SMILES string of the molecule is CC(OC(=O)C(F)(F)F)C1CCNC1. The highest BCUT2D eigenvalue weighted by Crippen LogP contribution is 2.21. The number of halogens is 3. The Morgan fingerprint density at radius 2 is 2.21 bits per heavy atom. The van der Waals surface area contributed by atoms with E-state index in [4.69, 9.17) is 0 Å². The Labute approximate surface area is 79.6 Å². The molecule has 0 amide bonds. The Hall–Kier alpha value is -0.780. The maximum atomic E-state index is 11.8. The van der Waals surface area contributed by atoms with Gasteiger partial charge in [-0.2, -0.15) is 13.2 Å². The minimum atomic E-state index is -4.89. The van der Waals surface area contributed by atoms with Gasteiger partial charge in [-0.15, -0.1) is 0 Å². The van der Waals surface area contributed by atoms with Crippen molar-refractivity contribution in [2.24, 2.45) is 5.92 Å². The van der Waals surface area contributed by atoms with Crippen LogP contribution in [0.25, 0.3) is 0 Å². The molecule has 2 unspecified atom stereocenters. The van der Waals surface area contributed by atoms with Gasteiger partial charge in [0.1, 0.15) is 6.10 Å². The fourth-order valence-electron chi connectivity index (χ4n) is 1.41. The van der Waals surface area contributed by atoms with Crippen LogP contribution >= 0.6 is 0 Å². The van der Waals surface area contributed by atoms with Crippen molar-refractivity contribution in [3.63, 3.8) is 0 Å². The maximum Gasteiger partial charge on any atom is 0.490 e. The van der Waals surface area contributed by atoms with Crippen molar-refractivity contribution in [2.75, 3.05) is 13.1 Å². The van der Waals surface area contributed by atoms with Crippen LogP contribution in [0.15, 0.2) is 0 Å². The summed E-state index contributed by atoms with van der Waals surface area (Å²) in [4.78, 5) is 10.5. The molecule has 0 aliphatic carbocycles. The molecule has 1 fully saturated rings. The van der Waals surface area contributed by atoms with Gasteiger partial charge in [-0.3, -0.25) is 0 Å². The van der Waals surface area contributed by atoms with E-state index in [2.05, 4.69) is 10.1 Å². The number of esters is 1. The van der Waals surface area contributed by atoms with E-state index in [0.717, 1.165) is 13.0 Å². The molecule has 1 N–H and O–H groups in total. The van der Waals surface area contributed by atoms with E-state index in [-0.39, 0.29) is 5.92 Å². The third-order valence-electron chi connectivity index (χ3n) is 2.29. The van der Waals surface area contributed by atoms with E-state index in [9.17, 15) is 18.0 Å². The van der Waals surface area contributed by atoms with Crippen molar-refractivity contribution in [2.45, 2.75) is 25.6 Å². The van der Waals surface area contributed by atoms with Crippen LogP contribution in [-0.4, -0.2) is 31.3 Å². The first-order valence-electron chi connectivity index (χ1n) is 4.40. The van der Waals surface area contributed by atoms with E-state index in [0.29, 0.717) is 6.54 Å². The topological polar surface area (TPSA) is 38.3 Å². The molecule has 14 heavy (non-hydrogen) atoms. The first-order chi connectivity index (χ1) is 6.41. The van der Waals surface area contributed by atoms with Crippen LogP contribution in [-0.2, 0) is 9.53 Å². The summed E-state index contributed by atoms with van der Waals surface area (Å²) in [5, 5.41) is 2.99. The van der Waals surface area contributed by atoms with Crippen LogP contribution < -0.4 is 5.32 Å². The summed E-state index contributed by atoms with van der Waals surface area (Å²) in [6.07, 6.45) is -4.83. The summed E-state index contributed by atoms with van der Waals surface area (Å²) in [5.41, 5.74) is 0. The molecule has 82 valence electrons. The molecule has 0 radical (unpaired) electrons. The predicted molar refractivity (Wildman–Crippen MR) is 42.6 cm³/mol. The Morgan fingerprint density at radius 3 is 2.64 bits per heavy atom. The van der Waals surface area contributed by atoms with Gasteiger partial charge in [0, 0.05) is 12.5 Å². The van der Waals surface area contributed by atoms with Gasteiger partial charge >= 0.3 is 12.1 Å². The lowest BCUT2D eigenvalue weighted by atomic mass is 10.0. The number of rotatable bonds is 2. The van der Waals surface area contributed by atoms with Gasteiger partial charge in [-0.25, -0.2) is 4.79 Å². The second-order valence-electron chi connectivity index (χ2n) is 3.36. The molecule has 1 rings (SSSR count). The molecule has 1 aliphatic heterocycles. The molecule has 1 saturated heterocycles. The fourth-order valence-corrected chi connectivity index (χ4v) is 1.41. The minimum Gasteiger partial charge on any atom is -0.456 e. The zero-order valence-electron chi connectivity index (χ0n) is 7.73. The van der Waals surface area contributed by atoms with Crippen molar-refractivity contribution < 1.29 is 22.7 Å². The van der Waals surface area contributed by atoms with Gasteiger partial charge in [0.25, 0.3) is 0 Å². The number of carbonyl (C=O) groups is 1. The highest BCUT2D eigenvalue weighted by molar-refractivity contribution is 5.75. The molecule has 6 heteroatoms. The van der Waals surface area contributed by atoms with Crippen LogP contribution in [0.4, 0.5) is 13.2 Å².